The SMILES string of the molecule is Cc1ccccc1-c1noc(C[C@@H]2CCCN(C(=O)c3cc4ccccc4oc3=O)C2)n1. The number of carbonyl (C=O) groups excluding carboxylic acids is 1. The van der Waals surface area contributed by atoms with Crippen LogP contribution in [0.3, 0.4) is 0 Å². The molecule has 1 aliphatic heterocycles. The molecule has 0 spiro atoms. The number of para-hydroxylation sites is 1. The molecule has 0 saturated carbocycles. The molecule has 162 valence electrons. The number of amides is 1. The Balaban J connectivity index is 1.31. The second-order valence-corrected chi connectivity index (χ2v) is 8.28. The third-order valence-electron chi connectivity index (χ3n) is 6.00. The van der Waals surface area contributed by atoms with Gasteiger partial charge in [-0.25, -0.2) is 4.79 Å². The second-order valence-electron chi connectivity index (χ2n) is 8.28. The molecule has 0 unspecified atom stereocenters. The van der Waals surface area contributed by atoms with Crippen LogP contribution in [0.25, 0.3) is 22.4 Å². The molecule has 1 aliphatic rings. The highest BCUT2D eigenvalue weighted by Crippen LogP contribution is 2.24. The van der Waals surface area contributed by atoms with E-state index in [1.165, 1.54) is 0 Å². The zero-order valence-corrected chi connectivity index (χ0v) is 17.8. The molecule has 1 amide bonds. The lowest BCUT2D eigenvalue weighted by Gasteiger charge is -2.32. The largest absolute Gasteiger partial charge is 0.422 e. The van der Waals surface area contributed by atoms with Crippen LogP contribution in [-0.4, -0.2) is 34.0 Å². The predicted octanol–water partition coefficient (Wildman–Crippen LogP) is 4.25. The van der Waals surface area contributed by atoms with E-state index in [1.807, 2.05) is 43.3 Å². The molecule has 32 heavy (non-hydrogen) atoms. The lowest BCUT2D eigenvalue weighted by molar-refractivity contribution is 0.0664. The van der Waals surface area contributed by atoms with Gasteiger partial charge in [0.1, 0.15) is 11.1 Å². The van der Waals surface area contributed by atoms with E-state index in [-0.39, 0.29) is 17.4 Å². The summed E-state index contributed by atoms with van der Waals surface area (Å²) in [6.07, 6.45) is 2.40. The first kappa shape index (κ1) is 20.2. The number of rotatable bonds is 4. The number of likely N-dealkylation sites (tertiary alicyclic amines) is 1. The summed E-state index contributed by atoms with van der Waals surface area (Å²) in [7, 11) is 0. The molecular weight excluding hydrogens is 406 g/mol. The average molecular weight is 429 g/mol. The van der Waals surface area contributed by atoms with Gasteiger partial charge in [-0.15, -0.1) is 0 Å². The Kier molecular flexibility index (Phi) is 5.31. The number of hydrogen-bond acceptors (Lipinski definition) is 6. The Hall–Kier alpha value is -3.74. The molecule has 4 aromatic rings. The molecule has 0 bridgehead atoms. The zero-order chi connectivity index (χ0) is 22.1. The van der Waals surface area contributed by atoms with Gasteiger partial charge in [-0.05, 0) is 43.4 Å². The van der Waals surface area contributed by atoms with E-state index in [4.69, 9.17) is 8.94 Å². The Morgan fingerprint density at radius 3 is 2.84 bits per heavy atom. The second kappa shape index (κ2) is 8.42. The number of fused-ring (bicyclic) bond motifs is 1. The van der Waals surface area contributed by atoms with E-state index in [9.17, 15) is 9.59 Å². The normalized spacial score (nSPS) is 16.4. The Bertz CT molecular complexity index is 1340. The van der Waals surface area contributed by atoms with Gasteiger partial charge in [0.2, 0.25) is 11.7 Å². The fourth-order valence-corrected chi connectivity index (χ4v) is 4.32. The molecule has 0 aliphatic carbocycles. The maximum atomic E-state index is 13.1. The molecule has 0 N–H and O–H groups in total. The van der Waals surface area contributed by atoms with Gasteiger partial charge in [0.05, 0.1) is 0 Å². The minimum absolute atomic E-state index is 0.0731. The molecule has 7 nitrogen and oxygen atoms in total. The van der Waals surface area contributed by atoms with Crippen molar-refractivity contribution in [2.45, 2.75) is 26.2 Å². The van der Waals surface area contributed by atoms with Crippen LogP contribution in [0, 0.1) is 12.8 Å². The molecule has 5 rings (SSSR count). The number of nitrogens with zero attached hydrogens (tertiary/aromatic N) is 3. The van der Waals surface area contributed by atoms with Crippen molar-refractivity contribution in [3.05, 3.63) is 82.0 Å². The lowest BCUT2D eigenvalue weighted by Crippen LogP contribution is -2.42. The fraction of sp³-hybridized carbons (Fsp3) is 0.280. The molecule has 1 saturated heterocycles. The Morgan fingerprint density at radius 2 is 1.97 bits per heavy atom. The quantitative estimate of drug-likeness (QED) is 0.451. The van der Waals surface area contributed by atoms with Gasteiger partial charge in [0, 0.05) is 30.5 Å². The summed E-state index contributed by atoms with van der Waals surface area (Å²) in [4.78, 5) is 31.8. The van der Waals surface area contributed by atoms with E-state index in [1.54, 1.807) is 23.1 Å². The third-order valence-corrected chi connectivity index (χ3v) is 6.00. The first-order valence-electron chi connectivity index (χ1n) is 10.8. The van der Waals surface area contributed by atoms with E-state index in [0.29, 0.717) is 36.8 Å². The monoisotopic (exact) mass is 429 g/mol. The van der Waals surface area contributed by atoms with Crippen molar-refractivity contribution in [2.24, 2.45) is 5.92 Å². The molecule has 2 aromatic carbocycles. The van der Waals surface area contributed by atoms with Gasteiger partial charge in [0.25, 0.3) is 5.91 Å². The zero-order valence-electron chi connectivity index (χ0n) is 17.8. The summed E-state index contributed by atoms with van der Waals surface area (Å²) in [5, 5.41) is 4.87. The summed E-state index contributed by atoms with van der Waals surface area (Å²) >= 11 is 0. The number of aromatic nitrogens is 2. The minimum Gasteiger partial charge on any atom is -0.422 e. The van der Waals surface area contributed by atoms with Crippen molar-refractivity contribution in [1.29, 1.82) is 0 Å². The van der Waals surface area contributed by atoms with Crippen molar-refractivity contribution < 1.29 is 13.7 Å². The van der Waals surface area contributed by atoms with Crippen LogP contribution in [0.4, 0.5) is 0 Å². The van der Waals surface area contributed by atoms with Gasteiger partial charge >= 0.3 is 5.63 Å². The Labute approximate surface area is 184 Å². The summed E-state index contributed by atoms with van der Waals surface area (Å²) in [6.45, 7) is 3.16. The highest BCUT2D eigenvalue weighted by molar-refractivity contribution is 5.96. The van der Waals surface area contributed by atoms with Gasteiger partial charge in [-0.3, -0.25) is 4.79 Å². The number of aryl methyl sites for hydroxylation is 1. The number of benzene rings is 2. The predicted molar refractivity (Wildman–Crippen MR) is 119 cm³/mol. The highest BCUT2D eigenvalue weighted by atomic mass is 16.5. The van der Waals surface area contributed by atoms with E-state index in [0.717, 1.165) is 29.4 Å². The highest BCUT2D eigenvalue weighted by Gasteiger charge is 2.28. The number of hydrogen-bond donors (Lipinski definition) is 0. The lowest BCUT2D eigenvalue weighted by atomic mass is 9.94. The summed E-state index contributed by atoms with van der Waals surface area (Å²) in [5.74, 6) is 1.04. The maximum Gasteiger partial charge on any atom is 0.349 e. The van der Waals surface area contributed by atoms with Crippen LogP contribution in [0.2, 0.25) is 0 Å². The van der Waals surface area contributed by atoms with Crippen molar-refractivity contribution in [3.63, 3.8) is 0 Å². The maximum absolute atomic E-state index is 13.1. The van der Waals surface area contributed by atoms with Crippen LogP contribution in [0.15, 0.2) is 68.3 Å². The molecule has 3 heterocycles. The summed E-state index contributed by atoms with van der Waals surface area (Å²) in [6, 6.07) is 16.7. The van der Waals surface area contributed by atoms with Crippen LogP contribution in [0.1, 0.15) is 34.7 Å². The van der Waals surface area contributed by atoms with E-state index >= 15 is 0 Å². The average Bonchev–Trinajstić information content (AvgIpc) is 3.27. The van der Waals surface area contributed by atoms with Gasteiger partial charge in [-0.2, -0.15) is 4.98 Å². The van der Waals surface area contributed by atoms with Crippen molar-refractivity contribution in [2.75, 3.05) is 13.1 Å². The van der Waals surface area contributed by atoms with Crippen LogP contribution < -0.4 is 5.63 Å². The van der Waals surface area contributed by atoms with Crippen molar-refractivity contribution in [1.82, 2.24) is 15.0 Å². The molecule has 1 fully saturated rings. The number of piperidine rings is 1. The van der Waals surface area contributed by atoms with Gasteiger partial charge in [0.15, 0.2) is 0 Å². The van der Waals surface area contributed by atoms with Crippen LogP contribution in [0.5, 0.6) is 0 Å². The van der Waals surface area contributed by atoms with Gasteiger partial charge in [-0.1, -0.05) is 47.6 Å². The third kappa shape index (κ3) is 3.93. The topological polar surface area (TPSA) is 89.4 Å². The summed E-state index contributed by atoms with van der Waals surface area (Å²) < 4.78 is 10.8. The van der Waals surface area contributed by atoms with Gasteiger partial charge < -0.3 is 13.8 Å². The molecule has 1 atom stereocenters. The summed E-state index contributed by atoms with van der Waals surface area (Å²) in [5.41, 5.74) is 1.99. The molecular formula is C25H23N3O4. The molecule has 2 aromatic heterocycles. The fourth-order valence-electron chi connectivity index (χ4n) is 4.32. The standard InChI is InChI=1S/C25H23N3O4/c1-16-7-2-4-10-19(16)23-26-22(32-27-23)13-17-8-6-12-28(15-17)24(29)20-14-18-9-3-5-11-21(18)31-25(20)30/h2-5,7,9-11,14,17H,6,8,12-13,15H2,1H3/t17-/m0/s1. The van der Waals surface area contributed by atoms with Crippen molar-refractivity contribution >= 4 is 16.9 Å². The first-order chi connectivity index (χ1) is 15.6. The minimum atomic E-state index is -0.601. The first-order valence-corrected chi connectivity index (χ1v) is 10.8. The van der Waals surface area contributed by atoms with Crippen LogP contribution in [-0.2, 0) is 6.42 Å². The van der Waals surface area contributed by atoms with Crippen LogP contribution >= 0.6 is 0 Å². The van der Waals surface area contributed by atoms with E-state index < -0.39 is 5.63 Å². The molecule has 0 radical (unpaired) electrons. The van der Waals surface area contributed by atoms with Crippen molar-refractivity contribution in [3.8, 4) is 11.4 Å². The Morgan fingerprint density at radius 1 is 1.16 bits per heavy atom. The molecule has 7 heteroatoms. The number of carbonyl (C=O) groups is 1. The van der Waals surface area contributed by atoms with E-state index in [2.05, 4.69) is 10.1 Å². The smallest absolute Gasteiger partial charge is 0.349 e.